The molecule has 0 heterocycles. The number of hydrogen-bond acceptors (Lipinski definition) is 3. The van der Waals surface area contributed by atoms with Crippen molar-refractivity contribution in [3.05, 3.63) is 89.0 Å². The van der Waals surface area contributed by atoms with Gasteiger partial charge in [-0.25, -0.2) is 0 Å². The molecule has 0 spiro atoms. The first kappa shape index (κ1) is 21.2. The summed E-state index contributed by atoms with van der Waals surface area (Å²) >= 11 is 0. The lowest BCUT2D eigenvalue weighted by Gasteiger charge is -2.14. The molecule has 0 aromatic heterocycles. The number of carbonyl (C=O) groups excluding carboxylic acids is 1. The van der Waals surface area contributed by atoms with E-state index in [1.165, 1.54) is 42.2 Å². The Hall–Kier alpha value is -3.07. The Morgan fingerprint density at radius 1 is 0.903 bits per heavy atom. The van der Waals surface area contributed by atoms with Gasteiger partial charge in [0, 0.05) is 5.56 Å². The third kappa shape index (κ3) is 5.75. The maximum Gasteiger partial charge on any atom is 0.310 e. The Balaban J connectivity index is 1.52. The van der Waals surface area contributed by atoms with Crippen molar-refractivity contribution in [2.75, 3.05) is 7.11 Å². The van der Waals surface area contributed by atoms with E-state index in [4.69, 9.17) is 9.47 Å². The molecule has 0 radical (unpaired) electrons. The maximum atomic E-state index is 11.9. The van der Waals surface area contributed by atoms with Gasteiger partial charge in [0.05, 0.1) is 13.5 Å². The lowest BCUT2D eigenvalue weighted by Crippen LogP contribution is -2.07. The fourth-order valence-electron chi connectivity index (χ4n) is 3.86. The molecule has 3 aromatic rings. The topological polar surface area (TPSA) is 35.5 Å². The number of carbonyl (C=O) groups is 1. The molecule has 0 atom stereocenters. The monoisotopic (exact) mass is 414 g/mol. The van der Waals surface area contributed by atoms with Gasteiger partial charge in [-0.1, -0.05) is 61.5 Å². The highest BCUT2D eigenvalue weighted by molar-refractivity contribution is 5.73. The molecule has 0 bridgehead atoms. The molecule has 31 heavy (non-hydrogen) atoms. The van der Waals surface area contributed by atoms with Crippen LogP contribution in [-0.4, -0.2) is 13.1 Å². The molecule has 1 fully saturated rings. The third-order valence-corrected chi connectivity index (χ3v) is 5.91. The van der Waals surface area contributed by atoms with Crippen LogP contribution in [0.4, 0.5) is 0 Å². The highest BCUT2D eigenvalue weighted by Gasteiger charge is 2.22. The molecule has 0 unspecified atom stereocenters. The molecule has 3 aromatic carbocycles. The van der Waals surface area contributed by atoms with Gasteiger partial charge in [-0.15, -0.1) is 0 Å². The summed E-state index contributed by atoms with van der Waals surface area (Å²) in [5, 5.41) is 0. The third-order valence-electron chi connectivity index (χ3n) is 5.91. The number of aryl methyl sites for hydroxylation is 1. The Morgan fingerprint density at radius 2 is 1.61 bits per heavy atom. The molecule has 3 nitrogen and oxygen atoms in total. The summed E-state index contributed by atoms with van der Waals surface area (Å²) in [6.07, 6.45) is 4.95. The molecular formula is C28H30O3. The van der Waals surface area contributed by atoms with Crippen LogP contribution in [0.3, 0.4) is 0 Å². The first-order valence-electron chi connectivity index (χ1n) is 11.1. The molecule has 1 aliphatic rings. The van der Waals surface area contributed by atoms with Crippen LogP contribution in [0, 0.1) is 5.92 Å². The zero-order valence-corrected chi connectivity index (χ0v) is 18.4. The summed E-state index contributed by atoms with van der Waals surface area (Å²) < 4.78 is 11.1. The van der Waals surface area contributed by atoms with Crippen LogP contribution in [0.1, 0.15) is 42.0 Å². The van der Waals surface area contributed by atoms with E-state index in [0.717, 1.165) is 35.6 Å². The van der Waals surface area contributed by atoms with Gasteiger partial charge in [0.1, 0.15) is 12.4 Å². The van der Waals surface area contributed by atoms with Crippen molar-refractivity contribution in [1.82, 2.24) is 0 Å². The van der Waals surface area contributed by atoms with E-state index < -0.39 is 0 Å². The van der Waals surface area contributed by atoms with Gasteiger partial charge in [-0.3, -0.25) is 4.79 Å². The summed E-state index contributed by atoms with van der Waals surface area (Å²) in [6, 6.07) is 23.4. The fourth-order valence-corrected chi connectivity index (χ4v) is 3.86. The van der Waals surface area contributed by atoms with Crippen molar-refractivity contribution >= 4 is 5.97 Å². The predicted molar refractivity (Wildman–Crippen MR) is 124 cm³/mol. The molecule has 1 saturated carbocycles. The largest absolute Gasteiger partial charge is 0.489 e. The Morgan fingerprint density at radius 3 is 2.29 bits per heavy atom. The first-order chi connectivity index (χ1) is 15.1. The van der Waals surface area contributed by atoms with Gasteiger partial charge < -0.3 is 9.47 Å². The van der Waals surface area contributed by atoms with E-state index in [1.807, 2.05) is 6.07 Å². The van der Waals surface area contributed by atoms with Gasteiger partial charge in [0.15, 0.2) is 0 Å². The molecular weight excluding hydrogens is 384 g/mol. The fraction of sp³-hybridized carbons (Fsp3) is 0.321. The summed E-state index contributed by atoms with van der Waals surface area (Å²) in [4.78, 5) is 11.9. The molecule has 3 heteroatoms. The zero-order chi connectivity index (χ0) is 21.6. The van der Waals surface area contributed by atoms with Crippen LogP contribution in [0.25, 0.3) is 11.1 Å². The summed E-state index contributed by atoms with van der Waals surface area (Å²) in [5.74, 6) is 1.33. The Labute approximate surface area is 185 Å². The smallest absolute Gasteiger partial charge is 0.310 e. The van der Waals surface area contributed by atoms with Gasteiger partial charge in [0.2, 0.25) is 0 Å². The minimum absolute atomic E-state index is 0.222. The van der Waals surface area contributed by atoms with Gasteiger partial charge in [-0.05, 0) is 71.6 Å². The average molecular weight is 415 g/mol. The minimum Gasteiger partial charge on any atom is -0.489 e. The highest BCUT2D eigenvalue weighted by Crippen LogP contribution is 2.34. The van der Waals surface area contributed by atoms with E-state index in [0.29, 0.717) is 6.61 Å². The van der Waals surface area contributed by atoms with Crippen molar-refractivity contribution in [3.63, 3.8) is 0 Å². The van der Waals surface area contributed by atoms with Gasteiger partial charge in [-0.2, -0.15) is 0 Å². The van der Waals surface area contributed by atoms with Crippen LogP contribution in [0.2, 0.25) is 0 Å². The molecule has 0 amide bonds. The second kappa shape index (κ2) is 9.82. The standard InChI is InChI=1S/C28H30O3/c1-3-20-6-4-8-24(15-20)25-9-5-7-23(16-25)19-31-27-17-22(14-21-10-11-21)12-13-26(27)18-28(29)30-2/h4-9,12-13,15-17,21H,3,10-11,14,18-19H2,1-2H3. The number of benzene rings is 3. The molecule has 0 saturated heterocycles. The van der Waals surface area contributed by atoms with E-state index in [9.17, 15) is 4.79 Å². The quantitative estimate of drug-likeness (QED) is 0.393. The first-order valence-corrected chi connectivity index (χ1v) is 11.1. The number of ether oxygens (including phenoxy) is 2. The Kier molecular flexibility index (Phi) is 6.71. The second-order valence-electron chi connectivity index (χ2n) is 8.39. The number of hydrogen-bond donors (Lipinski definition) is 0. The molecule has 0 N–H and O–H groups in total. The summed E-state index contributed by atoms with van der Waals surface area (Å²) in [5.41, 5.74) is 7.00. The normalized spacial score (nSPS) is 13.1. The van der Waals surface area contributed by atoms with E-state index in [1.54, 1.807) is 0 Å². The molecule has 0 aliphatic heterocycles. The van der Waals surface area contributed by atoms with Crippen molar-refractivity contribution in [3.8, 4) is 16.9 Å². The lowest BCUT2D eigenvalue weighted by molar-refractivity contribution is -0.139. The van der Waals surface area contributed by atoms with Crippen LogP contribution in [-0.2, 0) is 35.4 Å². The molecule has 160 valence electrons. The maximum absolute atomic E-state index is 11.9. The summed E-state index contributed by atoms with van der Waals surface area (Å²) in [6.45, 7) is 2.63. The molecule has 4 rings (SSSR count). The van der Waals surface area contributed by atoms with Crippen molar-refractivity contribution in [2.45, 2.75) is 45.6 Å². The Bertz CT molecular complexity index is 1050. The van der Waals surface area contributed by atoms with Crippen molar-refractivity contribution < 1.29 is 14.3 Å². The van der Waals surface area contributed by atoms with Crippen molar-refractivity contribution in [2.24, 2.45) is 5.92 Å². The lowest BCUT2D eigenvalue weighted by atomic mass is 10.0. The number of methoxy groups -OCH3 is 1. The minimum atomic E-state index is -0.252. The number of esters is 1. The van der Waals surface area contributed by atoms with Gasteiger partial charge in [0.25, 0.3) is 0 Å². The van der Waals surface area contributed by atoms with Crippen LogP contribution < -0.4 is 4.74 Å². The van der Waals surface area contributed by atoms with Crippen LogP contribution >= 0.6 is 0 Å². The van der Waals surface area contributed by atoms with E-state index in [-0.39, 0.29) is 12.4 Å². The second-order valence-corrected chi connectivity index (χ2v) is 8.39. The predicted octanol–water partition coefficient (Wildman–Crippen LogP) is 6.16. The van der Waals surface area contributed by atoms with Crippen LogP contribution in [0.15, 0.2) is 66.7 Å². The zero-order valence-electron chi connectivity index (χ0n) is 18.4. The van der Waals surface area contributed by atoms with E-state index >= 15 is 0 Å². The van der Waals surface area contributed by atoms with Crippen LogP contribution in [0.5, 0.6) is 5.75 Å². The highest BCUT2D eigenvalue weighted by atomic mass is 16.5. The summed E-state index contributed by atoms with van der Waals surface area (Å²) in [7, 11) is 1.42. The molecule has 1 aliphatic carbocycles. The SMILES string of the molecule is CCc1cccc(-c2cccc(COc3cc(CC4CC4)ccc3CC(=O)OC)c2)c1. The van der Waals surface area contributed by atoms with Crippen molar-refractivity contribution in [1.29, 1.82) is 0 Å². The van der Waals surface area contributed by atoms with Gasteiger partial charge >= 0.3 is 5.97 Å². The van der Waals surface area contributed by atoms with E-state index in [2.05, 4.69) is 67.6 Å². The average Bonchev–Trinajstić information content (AvgIpc) is 3.63. The number of rotatable bonds is 9.